The number of rotatable bonds is 6. The molecule has 1 aromatic heterocycles. The van der Waals surface area contributed by atoms with E-state index in [0.717, 1.165) is 11.1 Å². The molecule has 20 heavy (non-hydrogen) atoms. The van der Waals surface area contributed by atoms with Crippen LogP contribution in [0.1, 0.15) is 16.7 Å². The van der Waals surface area contributed by atoms with E-state index in [9.17, 15) is 8.42 Å². The predicted molar refractivity (Wildman–Crippen MR) is 76.1 cm³/mol. The van der Waals surface area contributed by atoms with Gasteiger partial charge in [-0.1, -0.05) is 30.3 Å². The van der Waals surface area contributed by atoms with Gasteiger partial charge >= 0.3 is 0 Å². The second-order valence-electron chi connectivity index (χ2n) is 4.42. The fraction of sp³-hybridized carbons (Fsp3) is 0.214. The molecule has 0 aliphatic heterocycles. The first-order valence-electron chi connectivity index (χ1n) is 6.14. The highest BCUT2D eigenvalue weighted by Gasteiger charge is 2.11. The van der Waals surface area contributed by atoms with Gasteiger partial charge in [-0.2, -0.15) is 0 Å². The number of aromatic nitrogens is 1. The molecule has 0 radical (unpaired) electrons. The van der Waals surface area contributed by atoms with E-state index in [1.165, 1.54) is 0 Å². The Kier molecular flexibility index (Phi) is 4.84. The molecule has 6 heteroatoms. The quantitative estimate of drug-likeness (QED) is 0.838. The summed E-state index contributed by atoms with van der Waals surface area (Å²) in [5, 5.41) is 8.93. The number of aliphatic hydroxyl groups excluding tert-OH is 1. The van der Waals surface area contributed by atoms with E-state index in [4.69, 9.17) is 5.11 Å². The molecule has 2 rings (SSSR count). The zero-order valence-electron chi connectivity index (χ0n) is 10.9. The summed E-state index contributed by atoms with van der Waals surface area (Å²) in [6.45, 7) is 0.178. The molecule has 2 N–H and O–H groups in total. The van der Waals surface area contributed by atoms with Gasteiger partial charge in [0.2, 0.25) is 10.0 Å². The molecule has 0 atom stereocenters. The maximum Gasteiger partial charge on any atom is 0.216 e. The van der Waals surface area contributed by atoms with Crippen LogP contribution in [0.2, 0.25) is 0 Å². The largest absolute Gasteiger partial charge is 0.392 e. The fourth-order valence-corrected chi connectivity index (χ4v) is 2.83. The van der Waals surface area contributed by atoms with Crippen LogP contribution in [0.5, 0.6) is 0 Å². The second-order valence-corrected chi connectivity index (χ2v) is 6.22. The SMILES string of the molecule is O=S(=O)(Cc1ccc(CO)cc1)NCc1cccnc1. The second kappa shape index (κ2) is 6.60. The first kappa shape index (κ1) is 14.6. The van der Waals surface area contributed by atoms with Crippen molar-refractivity contribution in [3.63, 3.8) is 0 Å². The van der Waals surface area contributed by atoms with Crippen LogP contribution >= 0.6 is 0 Å². The van der Waals surface area contributed by atoms with E-state index < -0.39 is 10.0 Å². The summed E-state index contributed by atoms with van der Waals surface area (Å²) < 4.78 is 26.4. The summed E-state index contributed by atoms with van der Waals surface area (Å²) in [5.41, 5.74) is 2.25. The van der Waals surface area contributed by atoms with Crippen molar-refractivity contribution >= 4 is 10.0 Å². The van der Waals surface area contributed by atoms with Crippen molar-refractivity contribution in [1.82, 2.24) is 9.71 Å². The monoisotopic (exact) mass is 292 g/mol. The molecule has 106 valence electrons. The molecule has 0 amide bonds. The topological polar surface area (TPSA) is 79.3 Å². The van der Waals surface area contributed by atoms with Gasteiger partial charge in [-0.15, -0.1) is 0 Å². The fourth-order valence-electron chi connectivity index (χ4n) is 1.71. The molecule has 0 bridgehead atoms. The minimum absolute atomic E-state index is 0.0493. The van der Waals surface area contributed by atoms with Crippen molar-refractivity contribution in [3.8, 4) is 0 Å². The van der Waals surface area contributed by atoms with Gasteiger partial charge in [0.05, 0.1) is 12.4 Å². The molecular formula is C14H16N2O3S. The summed E-state index contributed by atoms with van der Waals surface area (Å²) in [6, 6.07) is 10.4. The first-order valence-corrected chi connectivity index (χ1v) is 7.79. The minimum Gasteiger partial charge on any atom is -0.392 e. The molecular weight excluding hydrogens is 276 g/mol. The molecule has 0 unspecified atom stereocenters. The van der Waals surface area contributed by atoms with Crippen LogP contribution in [-0.4, -0.2) is 18.5 Å². The van der Waals surface area contributed by atoms with Crippen molar-refractivity contribution < 1.29 is 13.5 Å². The van der Waals surface area contributed by atoms with Crippen LogP contribution in [-0.2, 0) is 28.9 Å². The van der Waals surface area contributed by atoms with Crippen molar-refractivity contribution in [3.05, 3.63) is 65.5 Å². The van der Waals surface area contributed by atoms with Crippen molar-refractivity contribution in [2.45, 2.75) is 18.9 Å². The third-order valence-corrected chi connectivity index (χ3v) is 4.08. The molecule has 0 aliphatic carbocycles. The molecule has 0 aliphatic rings. The number of hydrogen-bond acceptors (Lipinski definition) is 4. The normalized spacial score (nSPS) is 11.4. The van der Waals surface area contributed by atoms with Crippen LogP contribution in [0.25, 0.3) is 0 Å². The minimum atomic E-state index is -3.39. The molecule has 0 fully saturated rings. The van der Waals surface area contributed by atoms with Gasteiger partial charge < -0.3 is 5.11 Å². The van der Waals surface area contributed by atoms with Crippen LogP contribution < -0.4 is 4.72 Å². The summed E-state index contributed by atoms with van der Waals surface area (Å²) in [7, 11) is -3.39. The highest BCUT2D eigenvalue weighted by Crippen LogP contribution is 2.08. The molecule has 0 spiro atoms. The van der Waals surface area contributed by atoms with E-state index in [2.05, 4.69) is 9.71 Å². The van der Waals surface area contributed by atoms with Gasteiger partial charge in [-0.05, 0) is 22.8 Å². The maximum absolute atomic E-state index is 11.9. The highest BCUT2D eigenvalue weighted by atomic mass is 32.2. The zero-order valence-corrected chi connectivity index (χ0v) is 11.7. The Morgan fingerprint density at radius 1 is 1.05 bits per heavy atom. The number of sulfonamides is 1. The Hall–Kier alpha value is -1.76. The molecule has 1 aromatic carbocycles. The van der Waals surface area contributed by atoms with Gasteiger partial charge in [0, 0.05) is 18.9 Å². The maximum atomic E-state index is 11.9. The van der Waals surface area contributed by atoms with Crippen molar-refractivity contribution in [1.29, 1.82) is 0 Å². The van der Waals surface area contributed by atoms with Crippen LogP contribution in [0.3, 0.4) is 0 Å². The standard InChI is InChI=1S/C14H16N2O3S/c17-10-12-3-5-13(6-4-12)11-20(18,19)16-9-14-2-1-7-15-8-14/h1-8,16-17H,9-11H2. The smallest absolute Gasteiger partial charge is 0.216 e. The van der Waals surface area contributed by atoms with Crippen molar-refractivity contribution in [2.24, 2.45) is 0 Å². The Labute approximate surface area is 118 Å². The Bertz CT molecular complexity index is 640. The van der Waals surface area contributed by atoms with E-state index in [1.54, 1.807) is 42.7 Å². The van der Waals surface area contributed by atoms with Gasteiger partial charge in [0.15, 0.2) is 0 Å². The van der Waals surface area contributed by atoms with Gasteiger partial charge in [0.25, 0.3) is 0 Å². The number of nitrogens with one attached hydrogen (secondary N) is 1. The molecule has 0 saturated heterocycles. The van der Waals surface area contributed by atoms with Gasteiger partial charge in [-0.25, -0.2) is 13.1 Å². The van der Waals surface area contributed by atoms with Crippen molar-refractivity contribution in [2.75, 3.05) is 0 Å². The number of nitrogens with zero attached hydrogens (tertiary/aromatic N) is 1. The molecule has 5 nitrogen and oxygen atoms in total. The zero-order chi connectivity index (χ0) is 14.4. The summed E-state index contributed by atoms with van der Waals surface area (Å²) >= 11 is 0. The summed E-state index contributed by atoms with van der Waals surface area (Å²) in [4.78, 5) is 3.93. The predicted octanol–water partition coefficient (Wildman–Crippen LogP) is 1.19. The molecule has 0 saturated carbocycles. The lowest BCUT2D eigenvalue weighted by Crippen LogP contribution is -2.24. The van der Waals surface area contributed by atoms with E-state index >= 15 is 0 Å². The van der Waals surface area contributed by atoms with Crippen LogP contribution in [0.4, 0.5) is 0 Å². The highest BCUT2D eigenvalue weighted by molar-refractivity contribution is 7.88. The number of benzene rings is 1. The average Bonchev–Trinajstić information content (AvgIpc) is 2.47. The third kappa shape index (κ3) is 4.41. The van der Waals surface area contributed by atoms with Gasteiger partial charge in [0.1, 0.15) is 0 Å². The van der Waals surface area contributed by atoms with E-state index in [1.807, 2.05) is 6.07 Å². The Balaban J connectivity index is 1.96. The lowest BCUT2D eigenvalue weighted by atomic mass is 10.2. The van der Waals surface area contributed by atoms with E-state index in [-0.39, 0.29) is 18.9 Å². The lowest BCUT2D eigenvalue weighted by Gasteiger charge is -2.07. The number of hydrogen-bond donors (Lipinski definition) is 2. The Morgan fingerprint density at radius 3 is 2.35 bits per heavy atom. The number of pyridine rings is 1. The van der Waals surface area contributed by atoms with Gasteiger partial charge in [-0.3, -0.25) is 4.98 Å². The Morgan fingerprint density at radius 2 is 1.75 bits per heavy atom. The average molecular weight is 292 g/mol. The summed E-state index contributed by atoms with van der Waals surface area (Å²) in [6.07, 6.45) is 3.26. The number of aliphatic hydroxyl groups is 1. The van der Waals surface area contributed by atoms with Crippen LogP contribution in [0, 0.1) is 0 Å². The van der Waals surface area contributed by atoms with E-state index in [0.29, 0.717) is 5.56 Å². The van der Waals surface area contributed by atoms with Crippen LogP contribution in [0.15, 0.2) is 48.8 Å². The summed E-state index contributed by atoms with van der Waals surface area (Å²) in [5.74, 6) is -0.0844. The first-order chi connectivity index (χ1) is 9.59. The molecule has 2 aromatic rings. The molecule has 1 heterocycles. The third-order valence-electron chi connectivity index (χ3n) is 2.78. The lowest BCUT2D eigenvalue weighted by molar-refractivity contribution is 0.282.